The number of carbonyl (C=O) groups excluding carboxylic acids is 1. The molecule has 202 valence electrons. The van der Waals surface area contributed by atoms with E-state index in [0.717, 1.165) is 22.2 Å². The van der Waals surface area contributed by atoms with Crippen LogP contribution in [0.2, 0.25) is 0 Å². The van der Waals surface area contributed by atoms with Crippen LogP contribution in [-0.2, 0) is 9.53 Å². The molecule has 2 N–H and O–H groups in total. The minimum absolute atomic E-state index is 0.0172. The molecule has 1 unspecified atom stereocenters. The van der Waals surface area contributed by atoms with E-state index >= 15 is 0 Å². The van der Waals surface area contributed by atoms with Crippen molar-refractivity contribution in [2.24, 2.45) is 0 Å². The summed E-state index contributed by atoms with van der Waals surface area (Å²) in [4.78, 5) is 30.8. The highest BCUT2D eigenvalue weighted by Crippen LogP contribution is 2.40. The smallest absolute Gasteiger partial charge is 0.411 e. The van der Waals surface area contributed by atoms with Gasteiger partial charge in [-0.3, -0.25) is 4.90 Å². The number of aliphatic carboxylic acids is 1. The molecule has 3 aromatic rings. The number of amides is 1. The summed E-state index contributed by atoms with van der Waals surface area (Å²) in [6.45, 7) is 9.31. The van der Waals surface area contributed by atoms with E-state index in [-0.39, 0.29) is 36.3 Å². The zero-order valence-corrected chi connectivity index (χ0v) is 22.2. The van der Waals surface area contributed by atoms with Crippen LogP contribution >= 0.6 is 0 Å². The minimum atomic E-state index is -1.14. The maximum Gasteiger partial charge on any atom is 0.411 e. The average molecular weight is 525 g/mol. The number of phenols is 1. The van der Waals surface area contributed by atoms with E-state index in [1.54, 1.807) is 51.1 Å². The second kappa shape index (κ2) is 10.5. The largest absolute Gasteiger partial charge is 0.508 e. The van der Waals surface area contributed by atoms with E-state index in [9.17, 15) is 24.2 Å². The van der Waals surface area contributed by atoms with Crippen LogP contribution in [0.1, 0.15) is 59.1 Å². The third kappa shape index (κ3) is 5.82. The van der Waals surface area contributed by atoms with E-state index in [1.165, 1.54) is 17.0 Å². The molecular weight excluding hydrogens is 491 g/mol. The number of ether oxygens (including phenoxy) is 2. The molecule has 0 spiro atoms. The molecule has 8 nitrogen and oxygen atoms in total. The van der Waals surface area contributed by atoms with E-state index in [2.05, 4.69) is 0 Å². The van der Waals surface area contributed by atoms with Crippen LogP contribution < -0.4 is 4.74 Å². The Kier molecular flexibility index (Phi) is 7.49. The molecule has 4 rings (SSSR count). The van der Waals surface area contributed by atoms with E-state index < -0.39 is 29.8 Å². The van der Waals surface area contributed by atoms with E-state index in [0.29, 0.717) is 11.8 Å². The summed E-state index contributed by atoms with van der Waals surface area (Å²) in [5.74, 6) is -1.22. The Bertz CT molecular complexity index is 1350. The lowest BCUT2D eigenvalue weighted by Gasteiger charge is -2.37. The zero-order valence-electron chi connectivity index (χ0n) is 22.2. The highest BCUT2D eigenvalue weighted by Gasteiger charge is 2.39. The van der Waals surface area contributed by atoms with E-state index in [1.807, 2.05) is 13.8 Å². The molecular formula is C29H33FN2O6. The summed E-state index contributed by atoms with van der Waals surface area (Å²) in [5, 5.41) is 21.5. The van der Waals surface area contributed by atoms with Gasteiger partial charge in [-0.05, 0) is 68.0 Å². The molecule has 1 fully saturated rings. The lowest BCUT2D eigenvalue weighted by Crippen LogP contribution is -2.53. The summed E-state index contributed by atoms with van der Waals surface area (Å²) in [5.41, 5.74) is 1.57. The second-order valence-corrected chi connectivity index (χ2v) is 10.9. The minimum Gasteiger partial charge on any atom is -0.508 e. The quantitative estimate of drug-likeness (QED) is 0.415. The first-order valence-corrected chi connectivity index (χ1v) is 12.7. The van der Waals surface area contributed by atoms with Gasteiger partial charge in [-0.15, -0.1) is 0 Å². The van der Waals surface area contributed by atoms with E-state index in [4.69, 9.17) is 14.5 Å². The number of hydrogen-bond acceptors (Lipinski definition) is 6. The molecule has 1 aliphatic heterocycles. The van der Waals surface area contributed by atoms with Gasteiger partial charge in [-0.2, -0.15) is 0 Å². The van der Waals surface area contributed by atoms with Crippen LogP contribution in [0.4, 0.5) is 9.18 Å². The molecule has 2 atom stereocenters. The van der Waals surface area contributed by atoms with Gasteiger partial charge in [0.1, 0.15) is 29.3 Å². The van der Waals surface area contributed by atoms with Gasteiger partial charge < -0.3 is 19.7 Å². The zero-order chi connectivity index (χ0) is 27.8. The van der Waals surface area contributed by atoms with Gasteiger partial charge in [0.15, 0.2) is 0 Å². The summed E-state index contributed by atoms with van der Waals surface area (Å²) in [6.07, 6.45) is -0.790. The molecule has 1 amide bonds. The molecule has 0 aliphatic carbocycles. The van der Waals surface area contributed by atoms with Crippen LogP contribution in [0.15, 0.2) is 42.5 Å². The first kappa shape index (κ1) is 27.2. The standard InChI is InChI=1S/C29H33FN2O6/c1-16(2)25-24(17-6-8-18(30)9-7-17)21-11-10-19(33)14-22(21)26(31-25)37-20-12-13-32(23(15-20)27(34)35)28(36)38-29(3,4)5/h6-11,14,16,20,23,33H,12-13,15H2,1-5H3,(H,34,35)/t20-,23?/m0/s1. The van der Waals surface area contributed by atoms with Crippen LogP contribution in [-0.4, -0.2) is 56.5 Å². The topological polar surface area (TPSA) is 109 Å². The molecule has 0 saturated carbocycles. The number of carbonyl (C=O) groups is 2. The van der Waals surface area contributed by atoms with Crippen molar-refractivity contribution in [3.8, 4) is 22.8 Å². The predicted molar refractivity (Wildman–Crippen MR) is 141 cm³/mol. The highest BCUT2D eigenvalue weighted by atomic mass is 19.1. The van der Waals surface area contributed by atoms with Crippen LogP contribution in [0.25, 0.3) is 21.9 Å². The number of halogens is 1. The van der Waals surface area contributed by atoms with Crippen LogP contribution in [0.3, 0.4) is 0 Å². The number of piperidine rings is 1. The Hall–Kier alpha value is -3.88. The van der Waals surface area contributed by atoms with Crippen molar-refractivity contribution in [2.45, 2.75) is 71.1 Å². The Morgan fingerprint density at radius 3 is 2.39 bits per heavy atom. The lowest BCUT2D eigenvalue weighted by atomic mass is 9.92. The summed E-state index contributed by atoms with van der Waals surface area (Å²) >= 11 is 0. The molecule has 0 radical (unpaired) electrons. The number of aromatic nitrogens is 1. The third-order valence-electron chi connectivity index (χ3n) is 6.41. The summed E-state index contributed by atoms with van der Waals surface area (Å²) in [6, 6.07) is 9.94. The first-order chi connectivity index (χ1) is 17.8. The number of pyridine rings is 1. The van der Waals surface area contributed by atoms with Crippen LogP contribution in [0.5, 0.6) is 11.6 Å². The Morgan fingerprint density at radius 1 is 1.11 bits per heavy atom. The van der Waals surface area contributed by atoms with Crippen molar-refractivity contribution >= 4 is 22.8 Å². The van der Waals surface area contributed by atoms with Crippen LogP contribution in [0, 0.1) is 5.82 Å². The van der Waals surface area contributed by atoms with Gasteiger partial charge in [-0.1, -0.05) is 26.0 Å². The third-order valence-corrected chi connectivity index (χ3v) is 6.41. The van der Waals surface area contributed by atoms with Gasteiger partial charge >= 0.3 is 12.1 Å². The number of benzene rings is 2. The Balaban J connectivity index is 1.72. The van der Waals surface area contributed by atoms with Crippen molar-refractivity contribution in [2.75, 3.05) is 6.54 Å². The van der Waals surface area contributed by atoms with Gasteiger partial charge in [0.2, 0.25) is 5.88 Å². The molecule has 38 heavy (non-hydrogen) atoms. The normalized spacial score (nSPS) is 18.0. The fraction of sp³-hybridized carbons (Fsp3) is 0.414. The number of aromatic hydroxyl groups is 1. The van der Waals surface area contributed by atoms with Crippen molar-refractivity contribution in [1.29, 1.82) is 0 Å². The highest BCUT2D eigenvalue weighted by molar-refractivity contribution is 6.01. The first-order valence-electron chi connectivity index (χ1n) is 12.7. The summed E-state index contributed by atoms with van der Waals surface area (Å²) < 4.78 is 25.4. The van der Waals surface area contributed by atoms with Gasteiger partial charge in [0.05, 0.1) is 5.69 Å². The lowest BCUT2D eigenvalue weighted by molar-refractivity contribution is -0.145. The van der Waals surface area contributed by atoms with Crippen molar-refractivity contribution in [1.82, 2.24) is 9.88 Å². The molecule has 1 aliphatic rings. The number of likely N-dealkylation sites (tertiary alicyclic amines) is 1. The van der Waals surface area contributed by atoms with Gasteiger partial charge in [0, 0.05) is 30.3 Å². The Labute approximate surface area is 221 Å². The number of carboxylic acid groups (broad SMARTS) is 1. The summed E-state index contributed by atoms with van der Waals surface area (Å²) in [7, 11) is 0. The SMILES string of the molecule is CC(C)c1nc(O[C@H]2CCN(C(=O)OC(C)(C)C)C(C(=O)O)C2)c2cc(O)ccc2c1-c1ccc(F)cc1. The number of nitrogens with zero attached hydrogens (tertiary/aromatic N) is 2. The van der Waals surface area contributed by atoms with Crippen molar-refractivity contribution < 1.29 is 33.7 Å². The van der Waals surface area contributed by atoms with Gasteiger partial charge in [-0.25, -0.2) is 19.0 Å². The monoisotopic (exact) mass is 524 g/mol. The number of phenolic OH excluding ortho intramolecular Hbond substituents is 1. The fourth-order valence-electron chi connectivity index (χ4n) is 4.69. The molecule has 2 aromatic carbocycles. The maximum absolute atomic E-state index is 13.7. The number of fused-ring (bicyclic) bond motifs is 1. The van der Waals surface area contributed by atoms with Crippen molar-refractivity contribution in [3.05, 3.63) is 54.0 Å². The molecule has 1 aromatic heterocycles. The molecule has 1 saturated heterocycles. The fourth-order valence-corrected chi connectivity index (χ4v) is 4.69. The molecule has 9 heteroatoms. The maximum atomic E-state index is 13.7. The number of carboxylic acids is 1. The second-order valence-electron chi connectivity index (χ2n) is 10.9. The van der Waals surface area contributed by atoms with Gasteiger partial charge in [0.25, 0.3) is 0 Å². The Morgan fingerprint density at radius 2 is 1.79 bits per heavy atom. The number of hydrogen-bond donors (Lipinski definition) is 2. The molecule has 2 heterocycles. The van der Waals surface area contributed by atoms with Crippen molar-refractivity contribution in [3.63, 3.8) is 0 Å². The number of rotatable bonds is 5. The molecule has 0 bridgehead atoms. The average Bonchev–Trinajstić information content (AvgIpc) is 2.83. The predicted octanol–water partition coefficient (Wildman–Crippen LogP) is 6.10.